The number of benzene rings is 3. The predicted molar refractivity (Wildman–Crippen MR) is 136 cm³/mol. The van der Waals surface area contributed by atoms with Gasteiger partial charge in [0.05, 0.1) is 16.6 Å². The van der Waals surface area contributed by atoms with Crippen molar-refractivity contribution in [3.05, 3.63) is 89.0 Å². The molecule has 3 aromatic carbocycles. The van der Waals surface area contributed by atoms with Crippen LogP contribution in [0.4, 0.5) is 5.69 Å². The highest BCUT2D eigenvalue weighted by molar-refractivity contribution is 7.92. The van der Waals surface area contributed by atoms with Gasteiger partial charge in [-0.05, 0) is 93.3 Å². The summed E-state index contributed by atoms with van der Waals surface area (Å²) < 4.78 is 33.0. The lowest BCUT2D eigenvalue weighted by Crippen LogP contribution is -2.31. The highest BCUT2D eigenvalue weighted by Gasteiger charge is 2.23. The number of aryl methyl sites for hydroxylation is 3. The Morgan fingerprint density at radius 2 is 1.56 bits per heavy atom. The topological polar surface area (TPSA) is 75.7 Å². The minimum Gasteiger partial charge on any atom is -0.484 e. The highest BCUT2D eigenvalue weighted by atomic mass is 32.2. The van der Waals surface area contributed by atoms with Gasteiger partial charge in [-0.2, -0.15) is 0 Å². The van der Waals surface area contributed by atoms with Gasteiger partial charge in [-0.1, -0.05) is 30.3 Å². The molecule has 0 unspecified atom stereocenters. The Kier molecular flexibility index (Phi) is 7.99. The maximum absolute atomic E-state index is 13.0. The zero-order chi connectivity index (χ0) is 24.9. The van der Waals surface area contributed by atoms with Crippen molar-refractivity contribution < 1.29 is 17.9 Å². The average molecular weight is 481 g/mol. The van der Waals surface area contributed by atoms with Crippen LogP contribution in [-0.4, -0.2) is 27.5 Å². The molecule has 0 aliphatic carbocycles. The van der Waals surface area contributed by atoms with E-state index in [1.807, 2.05) is 13.8 Å². The minimum absolute atomic E-state index is 0.132. The van der Waals surface area contributed by atoms with E-state index in [-0.39, 0.29) is 30.0 Å². The van der Waals surface area contributed by atoms with Crippen molar-refractivity contribution in [1.82, 2.24) is 5.32 Å². The molecule has 0 fully saturated rings. The maximum atomic E-state index is 13.0. The summed E-state index contributed by atoms with van der Waals surface area (Å²) in [6.45, 7) is 10.1. The molecule has 0 saturated heterocycles. The largest absolute Gasteiger partial charge is 0.484 e. The predicted octanol–water partition coefficient (Wildman–Crippen LogP) is 5.08. The highest BCUT2D eigenvalue weighted by Crippen LogP contribution is 2.26. The monoisotopic (exact) mass is 480 g/mol. The molecule has 0 aliphatic heterocycles. The van der Waals surface area contributed by atoms with Crippen LogP contribution in [0, 0.1) is 20.8 Å². The van der Waals surface area contributed by atoms with Crippen molar-refractivity contribution >= 4 is 21.6 Å². The molecule has 3 rings (SSSR count). The number of hydrogen-bond acceptors (Lipinski definition) is 4. The number of nitrogens with zero attached hydrogens (tertiary/aromatic N) is 1. The molecule has 34 heavy (non-hydrogen) atoms. The number of amides is 1. The van der Waals surface area contributed by atoms with Crippen LogP contribution in [0.2, 0.25) is 0 Å². The van der Waals surface area contributed by atoms with Crippen LogP contribution >= 0.6 is 0 Å². The first-order chi connectivity index (χ1) is 16.1. The standard InChI is InChI=1S/C27H32N2O4S/c1-6-29(34(31,32)25-10-8-7-9-11-25)23-12-14-24(15-13-23)33-18-27(30)28-22(5)26-17-20(3)19(2)16-21(26)4/h7-17,22H,6,18H2,1-5H3,(H,28,30)/t22-/m0/s1. The van der Waals surface area contributed by atoms with E-state index in [4.69, 9.17) is 4.74 Å². The third-order valence-corrected chi connectivity index (χ3v) is 7.76. The average Bonchev–Trinajstić information content (AvgIpc) is 2.81. The Morgan fingerprint density at radius 3 is 2.18 bits per heavy atom. The molecule has 0 heterocycles. The number of carbonyl (C=O) groups is 1. The number of ether oxygens (including phenoxy) is 1. The zero-order valence-electron chi connectivity index (χ0n) is 20.3. The van der Waals surface area contributed by atoms with Crippen molar-refractivity contribution in [3.8, 4) is 5.75 Å². The normalized spacial score (nSPS) is 12.1. The van der Waals surface area contributed by atoms with Crippen LogP contribution in [0.3, 0.4) is 0 Å². The molecular weight excluding hydrogens is 448 g/mol. The van der Waals surface area contributed by atoms with Gasteiger partial charge >= 0.3 is 0 Å². The second kappa shape index (κ2) is 10.7. The first-order valence-corrected chi connectivity index (χ1v) is 12.7. The molecule has 1 atom stereocenters. The molecule has 0 bridgehead atoms. The second-order valence-electron chi connectivity index (χ2n) is 8.35. The molecule has 0 aromatic heterocycles. The first kappa shape index (κ1) is 25.3. The Hall–Kier alpha value is -3.32. The molecule has 180 valence electrons. The van der Waals surface area contributed by atoms with Gasteiger partial charge < -0.3 is 10.1 Å². The molecule has 0 aliphatic rings. The van der Waals surface area contributed by atoms with Crippen LogP contribution in [0.5, 0.6) is 5.75 Å². The van der Waals surface area contributed by atoms with Crippen molar-refractivity contribution in [1.29, 1.82) is 0 Å². The fraction of sp³-hybridized carbons (Fsp3) is 0.296. The molecule has 6 nitrogen and oxygen atoms in total. The molecular formula is C27H32N2O4S. The van der Waals surface area contributed by atoms with E-state index < -0.39 is 10.0 Å². The lowest BCUT2D eigenvalue weighted by Gasteiger charge is -2.23. The Morgan fingerprint density at radius 1 is 0.941 bits per heavy atom. The van der Waals surface area contributed by atoms with Gasteiger partial charge in [-0.3, -0.25) is 9.10 Å². The smallest absolute Gasteiger partial charge is 0.264 e. The molecule has 1 N–H and O–H groups in total. The molecule has 0 saturated carbocycles. The van der Waals surface area contributed by atoms with Gasteiger partial charge in [0.1, 0.15) is 5.75 Å². The first-order valence-electron chi connectivity index (χ1n) is 11.3. The summed E-state index contributed by atoms with van der Waals surface area (Å²) in [7, 11) is -3.66. The van der Waals surface area contributed by atoms with Crippen molar-refractivity contribution in [3.63, 3.8) is 0 Å². The zero-order valence-corrected chi connectivity index (χ0v) is 21.1. The van der Waals surface area contributed by atoms with Gasteiger partial charge in [0.15, 0.2) is 6.61 Å². The summed E-state index contributed by atoms with van der Waals surface area (Å²) in [4.78, 5) is 12.7. The van der Waals surface area contributed by atoms with Crippen molar-refractivity contribution in [2.75, 3.05) is 17.5 Å². The van der Waals surface area contributed by atoms with Crippen LogP contribution in [0.1, 0.15) is 42.1 Å². The Bertz CT molecular complexity index is 1240. The van der Waals surface area contributed by atoms with Crippen LogP contribution in [0.15, 0.2) is 71.6 Å². The van der Waals surface area contributed by atoms with E-state index in [1.54, 1.807) is 61.5 Å². The maximum Gasteiger partial charge on any atom is 0.264 e. The van der Waals surface area contributed by atoms with E-state index in [9.17, 15) is 13.2 Å². The van der Waals surface area contributed by atoms with Crippen LogP contribution in [0.25, 0.3) is 0 Å². The third-order valence-electron chi connectivity index (χ3n) is 5.84. The van der Waals surface area contributed by atoms with Gasteiger partial charge in [-0.25, -0.2) is 8.42 Å². The van der Waals surface area contributed by atoms with E-state index in [0.29, 0.717) is 11.4 Å². The molecule has 7 heteroatoms. The summed E-state index contributed by atoms with van der Waals surface area (Å²) in [5.74, 6) is 0.262. The second-order valence-corrected chi connectivity index (χ2v) is 10.2. The van der Waals surface area contributed by atoms with E-state index in [2.05, 4.69) is 31.3 Å². The molecule has 1 amide bonds. The fourth-order valence-electron chi connectivity index (χ4n) is 3.88. The SMILES string of the molecule is CCN(c1ccc(OCC(=O)N[C@@H](C)c2cc(C)c(C)cc2C)cc1)S(=O)(=O)c1ccccc1. The lowest BCUT2D eigenvalue weighted by atomic mass is 9.96. The van der Waals surface area contributed by atoms with Gasteiger partial charge in [-0.15, -0.1) is 0 Å². The number of anilines is 1. The molecule has 0 radical (unpaired) electrons. The van der Waals surface area contributed by atoms with Crippen LogP contribution < -0.4 is 14.4 Å². The Balaban J connectivity index is 1.62. The van der Waals surface area contributed by atoms with Crippen molar-refractivity contribution in [2.45, 2.75) is 45.6 Å². The van der Waals surface area contributed by atoms with E-state index >= 15 is 0 Å². The quantitative estimate of drug-likeness (QED) is 0.463. The number of sulfonamides is 1. The fourth-order valence-corrected chi connectivity index (χ4v) is 5.37. The third kappa shape index (κ3) is 5.78. The van der Waals surface area contributed by atoms with Crippen molar-refractivity contribution in [2.24, 2.45) is 0 Å². The van der Waals surface area contributed by atoms with E-state index in [0.717, 1.165) is 11.1 Å². The summed E-state index contributed by atoms with van der Waals surface area (Å²) in [5, 5.41) is 2.98. The molecule has 0 spiro atoms. The number of hydrogen-bond donors (Lipinski definition) is 1. The number of rotatable bonds is 9. The summed E-state index contributed by atoms with van der Waals surface area (Å²) in [6.07, 6.45) is 0. The lowest BCUT2D eigenvalue weighted by molar-refractivity contribution is -0.123. The minimum atomic E-state index is -3.66. The van der Waals surface area contributed by atoms with Gasteiger partial charge in [0, 0.05) is 6.54 Å². The van der Waals surface area contributed by atoms with Gasteiger partial charge in [0.2, 0.25) is 0 Å². The molecule has 3 aromatic rings. The number of carbonyl (C=O) groups excluding carboxylic acids is 1. The summed E-state index contributed by atoms with van der Waals surface area (Å²) in [6, 6.07) is 19.1. The summed E-state index contributed by atoms with van der Waals surface area (Å²) >= 11 is 0. The van der Waals surface area contributed by atoms with Gasteiger partial charge in [0.25, 0.3) is 15.9 Å². The van der Waals surface area contributed by atoms with Crippen LogP contribution in [-0.2, 0) is 14.8 Å². The number of nitrogens with one attached hydrogen (secondary N) is 1. The Labute approximate surface area is 202 Å². The van der Waals surface area contributed by atoms with E-state index in [1.165, 1.54) is 15.4 Å². The summed E-state index contributed by atoms with van der Waals surface area (Å²) in [5.41, 5.74) is 5.17.